The molecule has 1 aromatic heterocycles. The second-order valence-electron chi connectivity index (χ2n) is 4.90. The molecule has 0 aliphatic heterocycles. The number of rotatable bonds is 5. The van der Waals surface area contributed by atoms with Crippen molar-refractivity contribution in [3.63, 3.8) is 0 Å². The number of nitrogens with zero attached hydrogens (tertiary/aromatic N) is 1. The van der Waals surface area contributed by atoms with Crippen LogP contribution in [0.5, 0.6) is 5.75 Å². The summed E-state index contributed by atoms with van der Waals surface area (Å²) >= 11 is 0. The Kier molecular flexibility index (Phi) is 5.02. The number of amides is 1. The zero-order valence-corrected chi connectivity index (χ0v) is 11.5. The maximum absolute atomic E-state index is 12.2. The molecule has 120 valence electrons. The van der Waals surface area contributed by atoms with Gasteiger partial charge in [-0.25, -0.2) is 4.98 Å². The number of carbonyl (C=O) groups excluding carboxylic acids is 1. The van der Waals surface area contributed by atoms with E-state index in [9.17, 15) is 18.0 Å². The molecule has 1 aliphatic rings. The summed E-state index contributed by atoms with van der Waals surface area (Å²) in [4.78, 5) is 15.9. The maximum Gasteiger partial charge on any atom is 0.422 e. The lowest BCUT2D eigenvalue weighted by Gasteiger charge is -2.15. The Hall–Kier alpha value is -2.09. The lowest BCUT2D eigenvalue weighted by Crippen LogP contribution is -2.34. The molecule has 0 saturated carbocycles. The molecule has 1 aromatic rings. The van der Waals surface area contributed by atoms with Crippen molar-refractivity contribution >= 4 is 5.91 Å². The second-order valence-corrected chi connectivity index (χ2v) is 4.90. The lowest BCUT2D eigenvalue weighted by atomic mass is 10.1. The first kappa shape index (κ1) is 16.3. The van der Waals surface area contributed by atoms with Gasteiger partial charge in [-0.3, -0.25) is 4.79 Å². The van der Waals surface area contributed by atoms with Crippen molar-refractivity contribution in [3.05, 3.63) is 36.2 Å². The van der Waals surface area contributed by atoms with E-state index in [-0.39, 0.29) is 30.0 Å². The summed E-state index contributed by atoms with van der Waals surface area (Å²) in [6.07, 6.45) is 0.860. The summed E-state index contributed by atoms with van der Waals surface area (Å²) in [6, 6.07) is 2.36. The molecule has 1 aliphatic carbocycles. The number of ether oxygens (including phenoxy) is 1. The number of pyridine rings is 1. The number of carbonyl (C=O) groups is 1. The van der Waals surface area contributed by atoms with Crippen LogP contribution in [0.1, 0.15) is 16.9 Å². The highest BCUT2D eigenvalue weighted by atomic mass is 19.4. The van der Waals surface area contributed by atoms with Crippen LogP contribution < -0.4 is 10.1 Å². The van der Waals surface area contributed by atoms with Gasteiger partial charge in [0.1, 0.15) is 0 Å². The van der Waals surface area contributed by atoms with Gasteiger partial charge in [-0.15, -0.1) is 0 Å². The fourth-order valence-electron chi connectivity index (χ4n) is 2.09. The third-order valence-electron chi connectivity index (χ3n) is 3.10. The number of aliphatic hydroxyl groups is 1. The summed E-state index contributed by atoms with van der Waals surface area (Å²) in [6.45, 7) is -1.51. The largest absolute Gasteiger partial charge is 0.482 e. The predicted octanol–water partition coefficient (Wildman–Crippen LogP) is 1.69. The highest BCUT2D eigenvalue weighted by Gasteiger charge is 2.30. The molecule has 22 heavy (non-hydrogen) atoms. The van der Waals surface area contributed by atoms with E-state index in [0.717, 1.165) is 0 Å². The van der Waals surface area contributed by atoms with Crippen LogP contribution in [-0.4, -0.2) is 41.4 Å². The fourth-order valence-corrected chi connectivity index (χ4v) is 2.09. The van der Waals surface area contributed by atoms with E-state index in [4.69, 9.17) is 5.11 Å². The molecule has 5 nitrogen and oxygen atoms in total. The van der Waals surface area contributed by atoms with Crippen LogP contribution in [0, 0.1) is 5.92 Å². The summed E-state index contributed by atoms with van der Waals surface area (Å²) in [5.41, 5.74) is -0.201. The van der Waals surface area contributed by atoms with E-state index in [1.165, 1.54) is 18.3 Å². The number of nitrogens with one attached hydrogen (secondary N) is 1. The van der Waals surface area contributed by atoms with Crippen molar-refractivity contribution in [1.29, 1.82) is 0 Å². The second kappa shape index (κ2) is 6.78. The van der Waals surface area contributed by atoms with Gasteiger partial charge in [-0.05, 0) is 18.6 Å². The van der Waals surface area contributed by atoms with Gasteiger partial charge in [0.05, 0.1) is 0 Å². The van der Waals surface area contributed by atoms with E-state index in [2.05, 4.69) is 15.0 Å². The molecule has 1 amide bonds. The molecule has 0 bridgehead atoms. The van der Waals surface area contributed by atoms with Gasteiger partial charge in [0.2, 0.25) is 0 Å². The molecule has 0 unspecified atom stereocenters. The maximum atomic E-state index is 12.2. The van der Waals surface area contributed by atoms with E-state index in [0.29, 0.717) is 6.42 Å². The molecule has 0 saturated heterocycles. The summed E-state index contributed by atoms with van der Waals surface area (Å²) in [7, 11) is 0. The summed E-state index contributed by atoms with van der Waals surface area (Å²) in [5.74, 6) is -0.876. The molecule has 2 rings (SSSR count). The minimum Gasteiger partial charge on any atom is -0.482 e. The van der Waals surface area contributed by atoms with Crippen molar-refractivity contribution in [2.45, 2.75) is 18.6 Å². The number of alkyl halides is 3. The Morgan fingerprint density at radius 2 is 2.23 bits per heavy atom. The minimum atomic E-state index is -4.49. The van der Waals surface area contributed by atoms with Crippen LogP contribution in [-0.2, 0) is 0 Å². The monoisotopic (exact) mass is 316 g/mol. The van der Waals surface area contributed by atoms with Gasteiger partial charge < -0.3 is 15.2 Å². The van der Waals surface area contributed by atoms with Gasteiger partial charge in [-0.1, -0.05) is 12.2 Å². The molecule has 0 fully saturated rings. The SMILES string of the molecule is O=C(N[C@@H]1C=C[C@H](CO)C1)c1ncccc1OCC(F)(F)F. The number of halogens is 3. The number of hydrogen-bond acceptors (Lipinski definition) is 4. The van der Waals surface area contributed by atoms with Crippen LogP contribution >= 0.6 is 0 Å². The molecular weight excluding hydrogens is 301 g/mol. The van der Waals surface area contributed by atoms with Gasteiger partial charge >= 0.3 is 6.18 Å². The van der Waals surface area contributed by atoms with Crippen molar-refractivity contribution in [3.8, 4) is 5.75 Å². The molecule has 1 heterocycles. The first-order chi connectivity index (χ1) is 10.4. The molecule has 0 spiro atoms. The highest BCUT2D eigenvalue weighted by Crippen LogP contribution is 2.22. The van der Waals surface area contributed by atoms with Crippen LogP contribution in [0.4, 0.5) is 13.2 Å². The van der Waals surface area contributed by atoms with Gasteiger partial charge in [-0.2, -0.15) is 13.2 Å². The Balaban J connectivity index is 2.02. The molecule has 2 N–H and O–H groups in total. The summed E-state index contributed by atoms with van der Waals surface area (Å²) in [5, 5.41) is 11.7. The van der Waals surface area contributed by atoms with Crippen LogP contribution in [0.15, 0.2) is 30.5 Å². The Morgan fingerprint density at radius 3 is 2.86 bits per heavy atom. The molecular formula is C14H15F3N2O3. The van der Waals surface area contributed by atoms with Crippen molar-refractivity contribution in [1.82, 2.24) is 10.3 Å². The molecule has 0 radical (unpaired) electrons. The molecule has 2 atom stereocenters. The topological polar surface area (TPSA) is 71.5 Å². The van der Waals surface area contributed by atoms with Crippen molar-refractivity contribution in [2.24, 2.45) is 5.92 Å². The average Bonchev–Trinajstić information content (AvgIpc) is 2.92. The van der Waals surface area contributed by atoms with Crippen LogP contribution in [0.25, 0.3) is 0 Å². The first-order valence-electron chi connectivity index (χ1n) is 6.63. The smallest absolute Gasteiger partial charge is 0.422 e. The highest BCUT2D eigenvalue weighted by molar-refractivity contribution is 5.95. The summed E-state index contributed by atoms with van der Waals surface area (Å²) < 4.78 is 41.2. The zero-order chi connectivity index (χ0) is 16.2. The van der Waals surface area contributed by atoms with Gasteiger partial charge in [0.15, 0.2) is 18.1 Å². The fraction of sp³-hybridized carbons (Fsp3) is 0.429. The van der Waals surface area contributed by atoms with Gasteiger partial charge in [0, 0.05) is 24.8 Å². The normalized spacial score (nSPS) is 20.9. The van der Waals surface area contributed by atoms with Gasteiger partial charge in [0.25, 0.3) is 5.91 Å². The molecule has 0 aromatic carbocycles. The van der Waals surface area contributed by atoms with Crippen molar-refractivity contribution in [2.75, 3.05) is 13.2 Å². The van der Waals surface area contributed by atoms with Crippen LogP contribution in [0.3, 0.4) is 0 Å². The third-order valence-corrected chi connectivity index (χ3v) is 3.10. The van der Waals surface area contributed by atoms with E-state index >= 15 is 0 Å². The predicted molar refractivity (Wildman–Crippen MR) is 71.4 cm³/mol. The Morgan fingerprint density at radius 1 is 1.45 bits per heavy atom. The number of hydrogen-bond donors (Lipinski definition) is 2. The quantitative estimate of drug-likeness (QED) is 0.811. The van der Waals surface area contributed by atoms with E-state index < -0.39 is 18.7 Å². The number of aliphatic hydroxyl groups excluding tert-OH is 1. The van der Waals surface area contributed by atoms with Crippen LogP contribution in [0.2, 0.25) is 0 Å². The first-order valence-corrected chi connectivity index (χ1v) is 6.63. The number of aromatic nitrogens is 1. The van der Waals surface area contributed by atoms with E-state index in [1.807, 2.05) is 0 Å². The Labute approximate surface area is 124 Å². The lowest BCUT2D eigenvalue weighted by molar-refractivity contribution is -0.153. The average molecular weight is 316 g/mol. The third kappa shape index (κ3) is 4.45. The Bertz CT molecular complexity index is 561. The van der Waals surface area contributed by atoms with Crippen molar-refractivity contribution < 1.29 is 27.8 Å². The minimum absolute atomic E-state index is 0.0214. The zero-order valence-electron chi connectivity index (χ0n) is 11.5. The molecule has 8 heteroatoms. The van der Waals surface area contributed by atoms with E-state index in [1.54, 1.807) is 12.2 Å². The standard InChI is InChI=1S/C14H15F3N2O3/c15-14(16,17)8-22-11-2-1-5-18-12(11)13(21)19-10-4-3-9(6-10)7-20/h1-5,9-10,20H,6-8H2,(H,19,21)/t9-,10+/m0/s1.